The molecule has 0 spiro atoms. The van der Waals surface area contributed by atoms with E-state index >= 15 is 0 Å². The van der Waals surface area contributed by atoms with Gasteiger partial charge in [0.15, 0.2) is 5.82 Å². The molecule has 32 heavy (non-hydrogen) atoms. The SMILES string of the molecule is NC(=O)[C@H]1[C@H]2CC[C@@H](C2)[C@H]1Nc1nc(Nc2cnn(CCN3CCOCC3)c2)ncc1Cl. The molecule has 1 amide bonds. The summed E-state index contributed by atoms with van der Waals surface area (Å²) in [6, 6.07) is -0.0329. The largest absolute Gasteiger partial charge is 0.379 e. The molecule has 2 saturated carbocycles. The second kappa shape index (κ2) is 9.21. The summed E-state index contributed by atoms with van der Waals surface area (Å²) in [5.74, 6) is 1.29. The standard InChI is InChI=1S/C21H29ClN8O2/c22-16-11-24-21(26-15-10-25-30(12-15)4-3-29-5-7-32-8-6-29)28-20(16)27-18-14-2-1-13(9-14)17(18)19(23)31/h10-14,17-18H,1-9H2,(H2,23,31)(H2,24,26,27,28)/t13-,14-,17-,18+/m0/s1. The molecule has 2 aliphatic carbocycles. The first-order chi connectivity index (χ1) is 15.6. The Morgan fingerprint density at radius 1 is 1.22 bits per heavy atom. The first-order valence-corrected chi connectivity index (χ1v) is 11.6. The summed E-state index contributed by atoms with van der Waals surface area (Å²) < 4.78 is 7.29. The van der Waals surface area contributed by atoms with Gasteiger partial charge in [-0.2, -0.15) is 10.1 Å². The number of primary amides is 1. The topological polar surface area (TPSA) is 123 Å². The third-order valence-electron chi connectivity index (χ3n) is 6.93. The zero-order valence-corrected chi connectivity index (χ0v) is 18.7. The highest BCUT2D eigenvalue weighted by Crippen LogP contribution is 2.49. The van der Waals surface area contributed by atoms with Crippen molar-refractivity contribution in [2.75, 3.05) is 43.5 Å². The van der Waals surface area contributed by atoms with Gasteiger partial charge in [0.1, 0.15) is 5.02 Å². The lowest BCUT2D eigenvalue weighted by molar-refractivity contribution is -0.123. The van der Waals surface area contributed by atoms with Crippen LogP contribution >= 0.6 is 11.6 Å². The maximum atomic E-state index is 12.0. The van der Waals surface area contributed by atoms with Gasteiger partial charge in [-0.15, -0.1) is 0 Å². The molecule has 3 aliphatic rings. The molecular weight excluding hydrogens is 432 g/mol. The smallest absolute Gasteiger partial charge is 0.229 e. The van der Waals surface area contributed by atoms with E-state index in [0.29, 0.717) is 28.6 Å². The fourth-order valence-corrected chi connectivity index (χ4v) is 5.49. The summed E-state index contributed by atoms with van der Waals surface area (Å²) in [4.78, 5) is 23.3. The number of aromatic nitrogens is 4. The first kappa shape index (κ1) is 21.4. The third-order valence-corrected chi connectivity index (χ3v) is 7.21. The Kier molecular flexibility index (Phi) is 6.16. The van der Waals surface area contributed by atoms with Gasteiger partial charge in [0, 0.05) is 31.9 Å². The number of ether oxygens (including phenoxy) is 1. The summed E-state index contributed by atoms with van der Waals surface area (Å²) in [6.07, 6.45) is 8.45. The minimum absolute atomic E-state index is 0.0329. The van der Waals surface area contributed by atoms with Gasteiger partial charge in [0.25, 0.3) is 0 Å². The highest BCUT2D eigenvalue weighted by atomic mass is 35.5. The number of anilines is 3. The quantitative estimate of drug-likeness (QED) is 0.544. The Morgan fingerprint density at radius 3 is 2.84 bits per heavy atom. The zero-order chi connectivity index (χ0) is 22.1. The van der Waals surface area contributed by atoms with Gasteiger partial charge in [-0.3, -0.25) is 14.4 Å². The predicted molar refractivity (Wildman–Crippen MR) is 121 cm³/mol. The second-order valence-electron chi connectivity index (χ2n) is 8.89. The molecule has 172 valence electrons. The lowest BCUT2D eigenvalue weighted by Crippen LogP contribution is -2.42. The van der Waals surface area contributed by atoms with E-state index in [-0.39, 0.29) is 17.9 Å². The average Bonchev–Trinajstić information content (AvgIpc) is 3.52. The normalized spacial score (nSPS) is 27.5. The van der Waals surface area contributed by atoms with E-state index in [9.17, 15) is 4.79 Å². The number of morpholine rings is 1. The Labute approximate surface area is 191 Å². The van der Waals surface area contributed by atoms with Crippen LogP contribution in [0.15, 0.2) is 18.6 Å². The van der Waals surface area contributed by atoms with Crippen molar-refractivity contribution in [1.82, 2.24) is 24.6 Å². The molecule has 5 rings (SSSR count). The van der Waals surface area contributed by atoms with Crippen LogP contribution < -0.4 is 16.4 Å². The maximum absolute atomic E-state index is 12.0. The van der Waals surface area contributed by atoms with Crippen LogP contribution in [0.4, 0.5) is 17.5 Å². The van der Waals surface area contributed by atoms with Gasteiger partial charge in [0.05, 0.1) is 43.8 Å². The van der Waals surface area contributed by atoms with E-state index in [0.717, 1.165) is 64.3 Å². The maximum Gasteiger partial charge on any atom is 0.229 e. The summed E-state index contributed by atoms with van der Waals surface area (Å²) in [5, 5.41) is 11.4. The van der Waals surface area contributed by atoms with Crippen LogP contribution in [0, 0.1) is 17.8 Å². The number of rotatable bonds is 8. The van der Waals surface area contributed by atoms with Crippen LogP contribution in [0.25, 0.3) is 0 Å². The molecular formula is C21H29ClN8O2. The Morgan fingerprint density at radius 2 is 2.03 bits per heavy atom. The summed E-state index contributed by atoms with van der Waals surface area (Å²) in [5.41, 5.74) is 6.50. The minimum Gasteiger partial charge on any atom is -0.379 e. The number of nitrogens with one attached hydrogen (secondary N) is 2. The highest BCUT2D eigenvalue weighted by Gasteiger charge is 2.50. The number of hydrogen-bond acceptors (Lipinski definition) is 8. The van der Waals surface area contributed by atoms with Crippen LogP contribution in [0.1, 0.15) is 19.3 Å². The molecule has 0 radical (unpaired) electrons. The highest BCUT2D eigenvalue weighted by molar-refractivity contribution is 6.32. The summed E-state index contributed by atoms with van der Waals surface area (Å²) >= 11 is 6.36. The molecule has 0 unspecified atom stereocenters. The number of nitrogens with two attached hydrogens (primary N) is 1. The molecule has 2 bridgehead atoms. The van der Waals surface area contributed by atoms with Crippen LogP contribution in [0.5, 0.6) is 0 Å². The van der Waals surface area contributed by atoms with Crippen molar-refractivity contribution in [2.45, 2.75) is 31.8 Å². The average molecular weight is 461 g/mol. The Hall–Kier alpha value is -2.43. The van der Waals surface area contributed by atoms with Crippen molar-refractivity contribution in [3.8, 4) is 0 Å². The first-order valence-electron chi connectivity index (χ1n) is 11.2. The molecule has 4 atom stereocenters. The van der Waals surface area contributed by atoms with Crippen LogP contribution in [0.3, 0.4) is 0 Å². The van der Waals surface area contributed by atoms with Crippen molar-refractivity contribution in [2.24, 2.45) is 23.5 Å². The fourth-order valence-electron chi connectivity index (χ4n) is 5.34. The molecule has 3 heterocycles. The van der Waals surface area contributed by atoms with Crippen LogP contribution in [-0.2, 0) is 16.1 Å². The van der Waals surface area contributed by atoms with E-state index in [1.807, 2.05) is 10.9 Å². The number of nitrogens with zero attached hydrogens (tertiary/aromatic N) is 5. The number of amides is 1. The lowest BCUT2D eigenvalue weighted by atomic mass is 9.84. The van der Waals surface area contributed by atoms with Crippen molar-refractivity contribution >= 4 is 35.0 Å². The van der Waals surface area contributed by atoms with Crippen molar-refractivity contribution in [1.29, 1.82) is 0 Å². The number of carbonyl (C=O) groups excluding carboxylic acids is 1. The van der Waals surface area contributed by atoms with Crippen molar-refractivity contribution in [3.05, 3.63) is 23.6 Å². The molecule has 0 aromatic carbocycles. The molecule has 11 heteroatoms. The minimum atomic E-state index is -0.247. The van der Waals surface area contributed by atoms with Crippen LogP contribution in [0.2, 0.25) is 5.02 Å². The van der Waals surface area contributed by atoms with Gasteiger partial charge >= 0.3 is 0 Å². The number of hydrogen-bond donors (Lipinski definition) is 3. The predicted octanol–water partition coefficient (Wildman–Crippen LogP) is 1.71. The van der Waals surface area contributed by atoms with Crippen molar-refractivity contribution < 1.29 is 9.53 Å². The number of halogens is 1. The fraction of sp³-hybridized carbons (Fsp3) is 0.619. The molecule has 2 aromatic heterocycles. The molecule has 2 aromatic rings. The van der Waals surface area contributed by atoms with Gasteiger partial charge in [-0.25, -0.2) is 4.98 Å². The van der Waals surface area contributed by atoms with E-state index < -0.39 is 0 Å². The monoisotopic (exact) mass is 460 g/mol. The zero-order valence-electron chi connectivity index (χ0n) is 17.9. The van der Waals surface area contributed by atoms with Gasteiger partial charge < -0.3 is 21.1 Å². The molecule has 1 saturated heterocycles. The molecule has 10 nitrogen and oxygen atoms in total. The lowest BCUT2D eigenvalue weighted by Gasteiger charge is -2.30. The van der Waals surface area contributed by atoms with Crippen molar-refractivity contribution in [3.63, 3.8) is 0 Å². The van der Waals surface area contributed by atoms with Crippen LogP contribution in [-0.4, -0.2) is 69.4 Å². The summed E-state index contributed by atoms with van der Waals surface area (Å²) in [7, 11) is 0. The van der Waals surface area contributed by atoms with E-state index in [1.54, 1.807) is 12.4 Å². The van der Waals surface area contributed by atoms with E-state index in [4.69, 9.17) is 22.1 Å². The third kappa shape index (κ3) is 4.53. The van der Waals surface area contributed by atoms with Gasteiger partial charge in [0.2, 0.25) is 11.9 Å². The Balaban J connectivity index is 1.22. The molecule has 3 fully saturated rings. The second-order valence-corrected chi connectivity index (χ2v) is 9.30. The summed E-state index contributed by atoms with van der Waals surface area (Å²) in [6.45, 7) is 5.23. The number of carbonyl (C=O) groups is 1. The number of fused-ring (bicyclic) bond motifs is 2. The van der Waals surface area contributed by atoms with E-state index in [2.05, 4.69) is 30.6 Å². The van der Waals surface area contributed by atoms with Gasteiger partial charge in [-0.05, 0) is 31.1 Å². The molecule has 4 N–H and O–H groups in total. The Bertz CT molecular complexity index is 963. The van der Waals surface area contributed by atoms with Gasteiger partial charge in [-0.1, -0.05) is 11.6 Å². The van der Waals surface area contributed by atoms with E-state index in [1.165, 1.54) is 0 Å². The molecule has 1 aliphatic heterocycles.